The third-order valence-corrected chi connectivity index (χ3v) is 5.15. The molecule has 0 heterocycles. The van der Waals surface area contributed by atoms with Gasteiger partial charge in [-0.1, -0.05) is 41.6 Å². The smallest absolute Gasteiger partial charge is 0.352 e. The van der Waals surface area contributed by atoms with Gasteiger partial charge < -0.3 is 14.3 Å². The lowest BCUT2D eigenvalue weighted by atomic mass is 10.0. The number of amides is 2. The van der Waals surface area contributed by atoms with Crippen LogP contribution in [0.2, 0.25) is 0 Å². The minimum atomic E-state index is -0.582. The fourth-order valence-corrected chi connectivity index (χ4v) is 3.46. The Morgan fingerprint density at radius 2 is 1.68 bits per heavy atom. The first-order valence-electron chi connectivity index (χ1n) is 10.5. The molecule has 4 N–H and O–H groups in total. The number of rotatable bonds is 8. The van der Waals surface area contributed by atoms with Crippen molar-refractivity contribution < 1.29 is 19.1 Å². The first-order chi connectivity index (χ1) is 16.4. The molecule has 9 heteroatoms. The van der Waals surface area contributed by atoms with Gasteiger partial charge in [0.15, 0.2) is 0 Å². The Morgan fingerprint density at radius 3 is 2.29 bits per heavy atom. The summed E-state index contributed by atoms with van der Waals surface area (Å²) in [6, 6.07) is 20.2. The van der Waals surface area contributed by atoms with Crippen molar-refractivity contribution in [2.24, 2.45) is 16.8 Å². The molecule has 0 aliphatic carbocycles. The molecule has 3 rings (SSSR count). The third kappa shape index (κ3) is 5.45. The molecule has 0 saturated heterocycles. The Kier molecular flexibility index (Phi) is 8.07. The number of nitrogens with zero attached hydrogens (tertiary/aromatic N) is 3. The normalized spacial score (nSPS) is 11.1. The van der Waals surface area contributed by atoms with Crippen LogP contribution in [-0.4, -0.2) is 38.0 Å². The van der Waals surface area contributed by atoms with Crippen LogP contribution in [0.4, 0.5) is 10.5 Å². The van der Waals surface area contributed by atoms with Crippen molar-refractivity contribution in [2.45, 2.75) is 13.5 Å². The molecule has 0 saturated carbocycles. The molecule has 2 amide bonds. The predicted octanol–water partition coefficient (Wildman–Crippen LogP) is 3.59. The molecule has 0 bridgehead atoms. The van der Waals surface area contributed by atoms with Gasteiger partial charge in [0.2, 0.25) is 0 Å². The van der Waals surface area contributed by atoms with E-state index in [-0.39, 0.29) is 6.61 Å². The number of ether oxygens (including phenoxy) is 2. The molecule has 0 aliphatic heterocycles. The fraction of sp³-hybridized carbons (Fsp3) is 0.200. The quantitative estimate of drug-likeness (QED) is 0.228. The van der Waals surface area contributed by atoms with Gasteiger partial charge in [0.05, 0.1) is 18.4 Å². The van der Waals surface area contributed by atoms with Crippen molar-refractivity contribution in [1.29, 1.82) is 0 Å². The van der Waals surface area contributed by atoms with Gasteiger partial charge in [-0.25, -0.2) is 21.5 Å². The molecule has 0 radical (unpaired) electrons. The van der Waals surface area contributed by atoms with E-state index in [2.05, 4.69) is 5.16 Å². The summed E-state index contributed by atoms with van der Waals surface area (Å²) >= 11 is 0. The molecule has 0 fully saturated rings. The molecule has 0 atom stereocenters. The molecule has 3 aromatic carbocycles. The zero-order valence-electron chi connectivity index (χ0n) is 19.7. The largest absolute Gasteiger partial charge is 0.496 e. The molecular weight excluding hydrogens is 434 g/mol. The zero-order chi connectivity index (χ0) is 24.7. The van der Waals surface area contributed by atoms with Crippen molar-refractivity contribution in [1.82, 2.24) is 5.01 Å². The summed E-state index contributed by atoms with van der Waals surface area (Å²) < 4.78 is 11.6. The van der Waals surface area contributed by atoms with Gasteiger partial charge in [0.1, 0.15) is 30.9 Å². The van der Waals surface area contributed by atoms with Gasteiger partial charge in [0.25, 0.3) is 0 Å². The Hall–Kier alpha value is -4.08. The average molecular weight is 464 g/mol. The minimum absolute atomic E-state index is 0.118. The first kappa shape index (κ1) is 24.6. The predicted molar refractivity (Wildman–Crippen MR) is 132 cm³/mol. The number of hydrogen-bond donors (Lipinski definition) is 2. The highest BCUT2D eigenvalue weighted by Crippen LogP contribution is 2.31. The molecule has 34 heavy (non-hydrogen) atoms. The van der Waals surface area contributed by atoms with Gasteiger partial charge in [-0.05, 0) is 42.8 Å². The summed E-state index contributed by atoms with van der Waals surface area (Å²) in [6.07, 6.45) is 0. The number of benzene rings is 3. The summed E-state index contributed by atoms with van der Waals surface area (Å²) in [4.78, 5) is 17.4. The molecule has 178 valence electrons. The second kappa shape index (κ2) is 11.2. The van der Waals surface area contributed by atoms with Crippen molar-refractivity contribution in [3.8, 4) is 11.5 Å². The Morgan fingerprint density at radius 1 is 0.941 bits per heavy atom. The number of urea groups is 1. The number of hydrogen-bond acceptors (Lipinski definition) is 7. The van der Waals surface area contributed by atoms with Gasteiger partial charge in [0, 0.05) is 18.2 Å². The van der Waals surface area contributed by atoms with Crippen LogP contribution in [0.5, 0.6) is 11.5 Å². The maximum Gasteiger partial charge on any atom is 0.352 e. The molecule has 9 nitrogen and oxygen atoms in total. The Balaban J connectivity index is 1.88. The molecule has 3 aromatic rings. The van der Waals surface area contributed by atoms with Gasteiger partial charge in [-0.15, -0.1) is 0 Å². The maximum atomic E-state index is 12.3. The van der Waals surface area contributed by atoms with Crippen LogP contribution in [0.1, 0.15) is 22.3 Å². The second-order valence-corrected chi connectivity index (χ2v) is 7.48. The van der Waals surface area contributed by atoms with E-state index in [0.717, 1.165) is 26.7 Å². The van der Waals surface area contributed by atoms with E-state index in [9.17, 15) is 4.79 Å². The van der Waals surface area contributed by atoms with Crippen molar-refractivity contribution in [3.63, 3.8) is 0 Å². The van der Waals surface area contributed by atoms with Crippen LogP contribution in [0, 0.1) is 6.92 Å². The van der Waals surface area contributed by atoms with E-state index in [1.54, 1.807) is 25.3 Å². The average Bonchev–Trinajstić information content (AvgIpc) is 2.85. The number of anilines is 1. The van der Waals surface area contributed by atoms with E-state index < -0.39 is 6.03 Å². The van der Waals surface area contributed by atoms with Crippen LogP contribution in [-0.2, 0) is 11.4 Å². The number of oxime groups is 1. The topological polar surface area (TPSA) is 116 Å². The van der Waals surface area contributed by atoms with Crippen molar-refractivity contribution in [3.05, 3.63) is 89.0 Å². The summed E-state index contributed by atoms with van der Waals surface area (Å²) in [7, 11) is 4.48. The number of aryl methyl sites for hydroxylation is 1. The SMILES string of the molecule is CON=C(c1ccccc1)c1ccc(OCc2c(OC)cccc2N(N)C(=O)N(C)N)c(C)c1. The first-order valence-corrected chi connectivity index (χ1v) is 10.5. The summed E-state index contributed by atoms with van der Waals surface area (Å²) in [5, 5.41) is 6.07. The minimum Gasteiger partial charge on any atom is -0.496 e. The summed E-state index contributed by atoms with van der Waals surface area (Å²) in [5.41, 5.74) is 4.48. The molecule has 0 aromatic heterocycles. The number of nitrogens with two attached hydrogens (primary N) is 2. The van der Waals surface area contributed by atoms with E-state index in [1.165, 1.54) is 14.2 Å². The fourth-order valence-electron chi connectivity index (χ4n) is 3.46. The van der Waals surface area contributed by atoms with Crippen LogP contribution in [0.15, 0.2) is 71.9 Å². The second-order valence-electron chi connectivity index (χ2n) is 7.48. The lowest BCUT2D eigenvalue weighted by molar-refractivity contribution is 0.214. The standard InChI is InChI=1S/C25H29N5O4/c1-17-15-19(24(28-33-4)18-9-6-5-7-10-18)13-14-22(17)34-16-20-21(11-8-12-23(20)32-3)30(27)25(31)29(2)26/h5-15H,16,26-27H2,1-4H3. The Bertz CT molecular complexity index is 1170. The monoisotopic (exact) mass is 463 g/mol. The van der Waals surface area contributed by atoms with Crippen molar-refractivity contribution >= 4 is 17.4 Å². The van der Waals surface area contributed by atoms with E-state index in [1.807, 2.05) is 55.5 Å². The maximum absolute atomic E-state index is 12.3. The zero-order valence-corrected chi connectivity index (χ0v) is 19.7. The number of hydrazine groups is 2. The third-order valence-electron chi connectivity index (χ3n) is 5.15. The van der Waals surface area contributed by atoms with E-state index in [0.29, 0.717) is 28.5 Å². The lowest BCUT2D eigenvalue weighted by Gasteiger charge is -2.24. The van der Waals surface area contributed by atoms with Gasteiger partial charge in [-0.3, -0.25) is 5.01 Å². The molecule has 0 spiro atoms. The van der Waals surface area contributed by atoms with E-state index >= 15 is 0 Å². The van der Waals surface area contributed by atoms with Crippen molar-refractivity contribution in [2.75, 3.05) is 26.3 Å². The van der Waals surface area contributed by atoms with Gasteiger partial charge >= 0.3 is 6.03 Å². The van der Waals surface area contributed by atoms with E-state index in [4.69, 9.17) is 26.0 Å². The molecule has 0 unspecified atom stereocenters. The molecule has 0 aliphatic rings. The number of carbonyl (C=O) groups is 1. The lowest BCUT2D eigenvalue weighted by Crippen LogP contribution is -2.49. The summed E-state index contributed by atoms with van der Waals surface area (Å²) in [6.45, 7) is 2.06. The van der Waals surface area contributed by atoms with Crippen LogP contribution >= 0.6 is 0 Å². The highest BCUT2D eigenvalue weighted by atomic mass is 16.6. The highest BCUT2D eigenvalue weighted by molar-refractivity contribution is 6.12. The van der Waals surface area contributed by atoms with Crippen LogP contribution in [0.25, 0.3) is 0 Å². The Labute approximate surface area is 199 Å². The molecular formula is C25H29N5O4. The van der Waals surface area contributed by atoms with Crippen LogP contribution in [0.3, 0.4) is 0 Å². The van der Waals surface area contributed by atoms with Crippen LogP contribution < -0.4 is 26.2 Å². The summed E-state index contributed by atoms with van der Waals surface area (Å²) in [5.74, 6) is 12.8. The van der Waals surface area contributed by atoms with Gasteiger partial charge in [-0.2, -0.15) is 0 Å². The highest BCUT2D eigenvalue weighted by Gasteiger charge is 2.21. The number of carbonyl (C=O) groups excluding carboxylic acids is 1. The number of methoxy groups -OCH3 is 1.